The molecule has 0 unspecified atom stereocenters. The number of amides is 1. The standard InChI is InChI=1S/C23H24N4O/c1-16-12-21(25-14-16)23(28)24-11-3-4-17-5-7-18(8-6-17)19-9-10-22-20(13-19)15-26-27(22)2/h5-10,12-13,15H,3-4,11,14H2,1-2H3,(H,24,28). The van der Waals surface area contributed by atoms with E-state index in [1.165, 1.54) is 16.7 Å². The number of hydrogen-bond donors (Lipinski definition) is 1. The van der Waals surface area contributed by atoms with Gasteiger partial charge >= 0.3 is 0 Å². The van der Waals surface area contributed by atoms with Crippen molar-refractivity contribution in [3.05, 3.63) is 65.9 Å². The van der Waals surface area contributed by atoms with Crippen LogP contribution < -0.4 is 5.32 Å². The van der Waals surface area contributed by atoms with E-state index in [0.29, 0.717) is 18.8 Å². The van der Waals surface area contributed by atoms with Crippen molar-refractivity contribution in [1.82, 2.24) is 15.1 Å². The molecule has 142 valence electrons. The van der Waals surface area contributed by atoms with E-state index >= 15 is 0 Å². The van der Waals surface area contributed by atoms with Gasteiger partial charge in [-0.05, 0) is 60.2 Å². The molecular weight excluding hydrogens is 348 g/mol. The normalized spacial score (nSPS) is 13.5. The molecule has 0 atom stereocenters. The minimum absolute atomic E-state index is 0.0713. The molecule has 28 heavy (non-hydrogen) atoms. The summed E-state index contributed by atoms with van der Waals surface area (Å²) in [7, 11) is 1.96. The predicted octanol–water partition coefficient (Wildman–Crippen LogP) is 3.69. The van der Waals surface area contributed by atoms with Crippen molar-refractivity contribution < 1.29 is 4.79 Å². The van der Waals surface area contributed by atoms with E-state index in [0.717, 1.165) is 29.3 Å². The molecule has 0 radical (unpaired) electrons. The number of fused-ring (bicyclic) bond motifs is 1. The summed E-state index contributed by atoms with van der Waals surface area (Å²) in [6, 6.07) is 15.1. The minimum atomic E-state index is -0.0713. The molecular formula is C23H24N4O. The number of aryl methyl sites for hydroxylation is 2. The number of carbonyl (C=O) groups is 1. The van der Waals surface area contributed by atoms with Gasteiger partial charge in [-0.3, -0.25) is 14.5 Å². The molecule has 5 heteroatoms. The molecule has 3 aromatic rings. The Morgan fingerprint density at radius 3 is 2.68 bits per heavy atom. The van der Waals surface area contributed by atoms with Gasteiger partial charge in [-0.1, -0.05) is 30.3 Å². The number of rotatable bonds is 6. The maximum atomic E-state index is 12.0. The molecule has 2 aromatic carbocycles. The number of hydrogen-bond acceptors (Lipinski definition) is 3. The molecule has 0 saturated carbocycles. The summed E-state index contributed by atoms with van der Waals surface area (Å²) in [6.07, 6.45) is 5.60. The topological polar surface area (TPSA) is 59.3 Å². The monoisotopic (exact) mass is 372 g/mol. The molecule has 0 aliphatic carbocycles. The van der Waals surface area contributed by atoms with E-state index in [1.54, 1.807) is 0 Å². The van der Waals surface area contributed by atoms with Crippen molar-refractivity contribution in [2.75, 3.05) is 13.1 Å². The summed E-state index contributed by atoms with van der Waals surface area (Å²) < 4.78 is 1.89. The molecule has 1 N–H and O–H groups in total. The van der Waals surface area contributed by atoms with E-state index in [2.05, 4.69) is 57.9 Å². The van der Waals surface area contributed by atoms with Gasteiger partial charge in [0.2, 0.25) is 0 Å². The Morgan fingerprint density at radius 2 is 1.93 bits per heavy atom. The highest BCUT2D eigenvalue weighted by atomic mass is 16.1. The molecule has 1 amide bonds. The lowest BCUT2D eigenvalue weighted by molar-refractivity contribution is -0.114. The van der Waals surface area contributed by atoms with Crippen LogP contribution in [0.5, 0.6) is 0 Å². The number of aromatic nitrogens is 2. The van der Waals surface area contributed by atoms with Gasteiger partial charge in [0.15, 0.2) is 0 Å². The van der Waals surface area contributed by atoms with E-state index in [4.69, 9.17) is 0 Å². The Bertz CT molecular complexity index is 1070. The summed E-state index contributed by atoms with van der Waals surface area (Å²) >= 11 is 0. The van der Waals surface area contributed by atoms with Crippen LogP contribution in [0.15, 0.2) is 65.3 Å². The average molecular weight is 372 g/mol. The number of benzene rings is 2. The van der Waals surface area contributed by atoms with Crippen LogP contribution in [-0.2, 0) is 18.3 Å². The predicted molar refractivity (Wildman–Crippen MR) is 114 cm³/mol. The third-order valence-electron chi connectivity index (χ3n) is 5.08. The van der Waals surface area contributed by atoms with Crippen molar-refractivity contribution in [2.24, 2.45) is 12.0 Å². The van der Waals surface area contributed by atoms with Gasteiger partial charge in [0.25, 0.3) is 5.91 Å². The first-order valence-electron chi connectivity index (χ1n) is 9.61. The molecule has 1 aliphatic rings. The number of carbonyl (C=O) groups excluding carboxylic acids is 1. The molecule has 2 heterocycles. The molecule has 0 saturated heterocycles. The zero-order valence-electron chi connectivity index (χ0n) is 16.3. The van der Waals surface area contributed by atoms with Gasteiger partial charge in [-0.2, -0.15) is 5.10 Å². The van der Waals surface area contributed by atoms with Crippen LogP contribution in [0, 0.1) is 0 Å². The summed E-state index contributed by atoms with van der Waals surface area (Å²) in [5.41, 5.74) is 6.48. The number of nitrogens with zero attached hydrogens (tertiary/aromatic N) is 3. The highest BCUT2D eigenvalue weighted by molar-refractivity contribution is 6.44. The van der Waals surface area contributed by atoms with Crippen molar-refractivity contribution in [3.63, 3.8) is 0 Å². The van der Waals surface area contributed by atoms with Gasteiger partial charge in [0, 0.05) is 19.0 Å². The summed E-state index contributed by atoms with van der Waals surface area (Å²) in [4.78, 5) is 16.2. The van der Waals surface area contributed by atoms with Gasteiger partial charge in [0.1, 0.15) is 5.71 Å². The summed E-state index contributed by atoms with van der Waals surface area (Å²) in [5, 5.41) is 8.40. The van der Waals surface area contributed by atoms with Crippen molar-refractivity contribution >= 4 is 22.5 Å². The third-order valence-corrected chi connectivity index (χ3v) is 5.08. The fraction of sp³-hybridized carbons (Fsp3) is 0.261. The maximum Gasteiger partial charge on any atom is 0.269 e. The zero-order chi connectivity index (χ0) is 19.5. The second-order valence-corrected chi connectivity index (χ2v) is 7.29. The van der Waals surface area contributed by atoms with Crippen LogP contribution in [0.3, 0.4) is 0 Å². The Balaban J connectivity index is 1.31. The van der Waals surface area contributed by atoms with Gasteiger partial charge in [-0.25, -0.2) is 0 Å². The van der Waals surface area contributed by atoms with Crippen molar-refractivity contribution in [3.8, 4) is 11.1 Å². The van der Waals surface area contributed by atoms with Crippen LogP contribution in [0.1, 0.15) is 18.9 Å². The largest absolute Gasteiger partial charge is 0.351 e. The highest BCUT2D eigenvalue weighted by Gasteiger charge is 2.12. The zero-order valence-corrected chi connectivity index (χ0v) is 16.3. The minimum Gasteiger partial charge on any atom is -0.351 e. The first-order chi connectivity index (χ1) is 13.6. The molecule has 1 aromatic heterocycles. The highest BCUT2D eigenvalue weighted by Crippen LogP contribution is 2.24. The summed E-state index contributed by atoms with van der Waals surface area (Å²) in [6.45, 7) is 3.29. The smallest absolute Gasteiger partial charge is 0.269 e. The van der Waals surface area contributed by atoms with E-state index in [-0.39, 0.29) is 5.91 Å². The fourth-order valence-corrected chi connectivity index (χ4v) is 3.46. The molecule has 0 bridgehead atoms. The van der Waals surface area contributed by atoms with Crippen molar-refractivity contribution in [1.29, 1.82) is 0 Å². The SMILES string of the molecule is CC1=CC(C(=O)NCCCc2ccc(-c3ccc4c(cnn4C)c3)cc2)=NC1. The second-order valence-electron chi connectivity index (χ2n) is 7.29. The molecule has 5 nitrogen and oxygen atoms in total. The molecule has 0 spiro atoms. The Labute approximate surface area is 164 Å². The first-order valence-corrected chi connectivity index (χ1v) is 9.61. The number of aliphatic imine (C=N–C) groups is 1. The van der Waals surface area contributed by atoms with E-state index in [1.807, 2.05) is 30.9 Å². The lowest BCUT2D eigenvalue weighted by atomic mass is 10.0. The molecule has 4 rings (SSSR count). The summed E-state index contributed by atoms with van der Waals surface area (Å²) in [5.74, 6) is -0.0713. The number of nitrogens with one attached hydrogen (secondary N) is 1. The molecule has 1 aliphatic heterocycles. The quantitative estimate of drug-likeness (QED) is 0.671. The van der Waals surface area contributed by atoms with Crippen LogP contribution in [0.25, 0.3) is 22.0 Å². The lowest BCUT2D eigenvalue weighted by Crippen LogP contribution is -2.30. The van der Waals surface area contributed by atoms with Crippen LogP contribution in [0.4, 0.5) is 0 Å². The van der Waals surface area contributed by atoms with Gasteiger partial charge in [0.05, 0.1) is 18.3 Å². The van der Waals surface area contributed by atoms with E-state index < -0.39 is 0 Å². The average Bonchev–Trinajstić information content (AvgIpc) is 3.31. The Morgan fingerprint density at radius 1 is 1.14 bits per heavy atom. The van der Waals surface area contributed by atoms with Crippen LogP contribution in [-0.4, -0.2) is 34.5 Å². The maximum absolute atomic E-state index is 12.0. The first kappa shape index (κ1) is 18.2. The van der Waals surface area contributed by atoms with E-state index in [9.17, 15) is 4.79 Å². The lowest BCUT2D eigenvalue weighted by Gasteiger charge is -2.07. The van der Waals surface area contributed by atoms with Crippen molar-refractivity contribution in [2.45, 2.75) is 19.8 Å². The third kappa shape index (κ3) is 3.88. The Hall–Kier alpha value is -3.21. The molecule has 0 fully saturated rings. The second kappa shape index (κ2) is 7.80. The fourth-order valence-electron chi connectivity index (χ4n) is 3.46. The van der Waals surface area contributed by atoms with Crippen LogP contribution in [0.2, 0.25) is 0 Å². The van der Waals surface area contributed by atoms with Gasteiger partial charge < -0.3 is 5.32 Å². The Kier molecular flexibility index (Phi) is 5.06. The van der Waals surface area contributed by atoms with Gasteiger partial charge in [-0.15, -0.1) is 0 Å². The van der Waals surface area contributed by atoms with Crippen LogP contribution >= 0.6 is 0 Å².